The van der Waals surface area contributed by atoms with Crippen molar-refractivity contribution in [1.82, 2.24) is 0 Å². The zero-order valence-electron chi connectivity index (χ0n) is 10.7. The third kappa shape index (κ3) is 3.79. The molecular formula is C14H28O. The standard InChI is InChI=1S/C14H28O/c1-4-7-11(3)14(15)13-9-6-8-12(5-2)10-13/h11-15H,4-10H2,1-3H3. The van der Waals surface area contributed by atoms with Crippen LogP contribution in [0.15, 0.2) is 0 Å². The molecule has 0 aliphatic heterocycles. The molecule has 1 saturated carbocycles. The molecule has 1 N–H and O–H groups in total. The summed E-state index contributed by atoms with van der Waals surface area (Å²) in [5.74, 6) is 1.97. The summed E-state index contributed by atoms with van der Waals surface area (Å²) in [7, 11) is 0. The second kappa shape index (κ2) is 6.52. The molecule has 1 rings (SSSR count). The van der Waals surface area contributed by atoms with E-state index in [1.165, 1.54) is 44.9 Å². The van der Waals surface area contributed by atoms with Crippen molar-refractivity contribution in [3.8, 4) is 0 Å². The van der Waals surface area contributed by atoms with Gasteiger partial charge in [-0.2, -0.15) is 0 Å². The third-order valence-corrected chi connectivity index (χ3v) is 4.21. The highest BCUT2D eigenvalue weighted by atomic mass is 16.3. The van der Waals surface area contributed by atoms with E-state index < -0.39 is 0 Å². The lowest BCUT2D eigenvalue weighted by Gasteiger charge is -2.34. The first kappa shape index (κ1) is 13.0. The fourth-order valence-corrected chi connectivity index (χ4v) is 3.10. The number of aliphatic hydroxyl groups excluding tert-OH is 1. The minimum absolute atomic E-state index is 0.0423. The summed E-state index contributed by atoms with van der Waals surface area (Å²) < 4.78 is 0. The van der Waals surface area contributed by atoms with Gasteiger partial charge in [-0.05, 0) is 37.0 Å². The zero-order chi connectivity index (χ0) is 11.3. The summed E-state index contributed by atoms with van der Waals surface area (Å²) in [6.45, 7) is 6.71. The molecule has 0 saturated heterocycles. The van der Waals surface area contributed by atoms with Crippen LogP contribution in [0.5, 0.6) is 0 Å². The van der Waals surface area contributed by atoms with E-state index in [4.69, 9.17) is 0 Å². The van der Waals surface area contributed by atoms with Crippen LogP contribution in [0.2, 0.25) is 0 Å². The van der Waals surface area contributed by atoms with Gasteiger partial charge in [0.15, 0.2) is 0 Å². The molecule has 4 unspecified atom stereocenters. The molecule has 1 aliphatic carbocycles. The molecule has 0 heterocycles. The van der Waals surface area contributed by atoms with Crippen molar-refractivity contribution in [3.63, 3.8) is 0 Å². The van der Waals surface area contributed by atoms with E-state index in [9.17, 15) is 5.11 Å². The summed E-state index contributed by atoms with van der Waals surface area (Å²) in [5, 5.41) is 10.3. The van der Waals surface area contributed by atoms with Crippen LogP contribution in [0, 0.1) is 17.8 Å². The molecule has 1 nitrogen and oxygen atoms in total. The topological polar surface area (TPSA) is 20.2 Å². The first-order valence-corrected chi connectivity index (χ1v) is 6.87. The molecular weight excluding hydrogens is 184 g/mol. The lowest BCUT2D eigenvalue weighted by atomic mass is 9.74. The molecule has 0 radical (unpaired) electrons. The Morgan fingerprint density at radius 2 is 2.00 bits per heavy atom. The molecule has 0 amide bonds. The quantitative estimate of drug-likeness (QED) is 0.730. The lowest BCUT2D eigenvalue weighted by molar-refractivity contribution is 0.0247. The van der Waals surface area contributed by atoms with Gasteiger partial charge in [-0.15, -0.1) is 0 Å². The Morgan fingerprint density at radius 3 is 2.60 bits per heavy atom. The largest absolute Gasteiger partial charge is 0.393 e. The Labute approximate surface area is 95.3 Å². The number of rotatable bonds is 5. The minimum Gasteiger partial charge on any atom is -0.393 e. The molecule has 4 atom stereocenters. The fourth-order valence-electron chi connectivity index (χ4n) is 3.10. The number of hydrogen-bond acceptors (Lipinski definition) is 1. The summed E-state index contributed by atoms with van der Waals surface area (Å²) in [6.07, 6.45) is 8.87. The highest BCUT2D eigenvalue weighted by Gasteiger charge is 2.29. The van der Waals surface area contributed by atoms with Gasteiger partial charge in [0, 0.05) is 0 Å². The van der Waals surface area contributed by atoms with E-state index in [0.717, 1.165) is 5.92 Å². The highest BCUT2D eigenvalue weighted by molar-refractivity contribution is 4.80. The minimum atomic E-state index is -0.0423. The highest BCUT2D eigenvalue weighted by Crippen LogP contribution is 2.35. The van der Waals surface area contributed by atoms with Gasteiger partial charge in [0.1, 0.15) is 0 Å². The van der Waals surface area contributed by atoms with Gasteiger partial charge in [0.2, 0.25) is 0 Å². The molecule has 0 aromatic heterocycles. The third-order valence-electron chi connectivity index (χ3n) is 4.21. The van der Waals surface area contributed by atoms with Crippen LogP contribution < -0.4 is 0 Å². The van der Waals surface area contributed by atoms with Crippen molar-refractivity contribution in [2.45, 2.75) is 71.8 Å². The van der Waals surface area contributed by atoms with Crippen LogP contribution in [0.25, 0.3) is 0 Å². The number of hydrogen-bond donors (Lipinski definition) is 1. The van der Waals surface area contributed by atoms with Crippen molar-refractivity contribution < 1.29 is 5.11 Å². The molecule has 0 aromatic carbocycles. The molecule has 0 spiro atoms. The second-order valence-corrected chi connectivity index (χ2v) is 5.46. The summed E-state index contributed by atoms with van der Waals surface area (Å²) in [4.78, 5) is 0. The van der Waals surface area contributed by atoms with Crippen LogP contribution >= 0.6 is 0 Å². The average Bonchev–Trinajstić information content (AvgIpc) is 2.28. The van der Waals surface area contributed by atoms with Gasteiger partial charge in [0.05, 0.1) is 6.10 Å². The van der Waals surface area contributed by atoms with Crippen LogP contribution in [0.1, 0.15) is 65.7 Å². The van der Waals surface area contributed by atoms with E-state index in [1.807, 2.05) is 0 Å². The van der Waals surface area contributed by atoms with Crippen molar-refractivity contribution in [3.05, 3.63) is 0 Å². The Kier molecular flexibility index (Phi) is 5.66. The maximum atomic E-state index is 10.3. The lowest BCUT2D eigenvalue weighted by Crippen LogP contribution is -2.31. The fraction of sp³-hybridized carbons (Fsp3) is 1.00. The second-order valence-electron chi connectivity index (χ2n) is 5.46. The van der Waals surface area contributed by atoms with Crippen molar-refractivity contribution in [2.24, 2.45) is 17.8 Å². The normalized spacial score (nSPS) is 31.2. The summed E-state index contributed by atoms with van der Waals surface area (Å²) in [5.41, 5.74) is 0. The monoisotopic (exact) mass is 212 g/mol. The Morgan fingerprint density at radius 1 is 1.27 bits per heavy atom. The first-order valence-electron chi connectivity index (χ1n) is 6.87. The van der Waals surface area contributed by atoms with E-state index in [0.29, 0.717) is 11.8 Å². The van der Waals surface area contributed by atoms with E-state index in [2.05, 4.69) is 20.8 Å². The summed E-state index contributed by atoms with van der Waals surface area (Å²) >= 11 is 0. The predicted octanol–water partition coefficient (Wildman–Crippen LogP) is 4.00. The van der Waals surface area contributed by atoms with Gasteiger partial charge in [-0.1, -0.05) is 46.5 Å². The van der Waals surface area contributed by atoms with Crippen LogP contribution in [-0.2, 0) is 0 Å². The molecule has 90 valence electrons. The molecule has 1 aliphatic rings. The van der Waals surface area contributed by atoms with Crippen molar-refractivity contribution in [2.75, 3.05) is 0 Å². The first-order chi connectivity index (χ1) is 7.19. The molecule has 1 fully saturated rings. The van der Waals surface area contributed by atoms with Crippen LogP contribution in [0.3, 0.4) is 0 Å². The van der Waals surface area contributed by atoms with Crippen LogP contribution in [0.4, 0.5) is 0 Å². The van der Waals surface area contributed by atoms with Gasteiger partial charge >= 0.3 is 0 Å². The molecule has 15 heavy (non-hydrogen) atoms. The molecule has 1 heteroatoms. The maximum Gasteiger partial charge on any atom is 0.0594 e. The Bertz CT molecular complexity index is 167. The van der Waals surface area contributed by atoms with Gasteiger partial charge in [0.25, 0.3) is 0 Å². The maximum absolute atomic E-state index is 10.3. The Hall–Kier alpha value is -0.0400. The predicted molar refractivity (Wildman–Crippen MR) is 65.8 cm³/mol. The van der Waals surface area contributed by atoms with Gasteiger partial charge in [-0.25, -0.2) is 0 Å². The molecule has 0 bridgehead atoms. The van der Waals surface area contributed by atoms with Gasteiger partial charge in [-0.3, -0.25) is 0 Å². The van der Waals surface area contributed by atoms with Crippen LogP contribution in [-0.4, -0.2) is 11.2 Å². The summed E-state index contributed by atoms with van der Waals surface area (Å²) in [6, 6.07) is 0. The smallest absolute Gasteiger partial charge is 0.0594 e. The van der Waals surface area contributed by atoms with E-state index in [1.54, 1.807) is 0 Å². The van der Waals surface area contributed by atoms with Crippen molar-refractivity contribution >= 4 is 0 Å². The zero-order valence-corrected chi connectivity index (χ0v) is 10.7. The van der Waals surface area contributed by atoms with Gasteiger partial charge < -0.3 is 5.11 Å². The molecule has 0 aromatic rings. The SMILES string of the molecule is CCCC(C)C(O)C1CCCC(CC)C1. The van der Waals surface area contributed by atoms with E-state index >= 15 is 0 Å². The number of aliphatic hydroxyl groups is 1. The van der Waals surface area contributed by atoms with E-state index in [-0.39, 0.29) is 6.10 Å². The van der Waals surface area contributed by atoms with Crippen molar-refractivity contribution in [1.29, 1.82) is 0 Å². The Balaban J connectivity index is 2.40. The average molecular weight is 212 g/mol.